The summed E-state index contributed by atoms with van der Waals surface area (Å²) in [5.41, 5.74) is 1.17. The Labute approximate surface area is 196 Å². The molecule has 0 unspecified atom stereocenters. The minimum atomic E-state index is -0.468. The normalized spacial score (nSPS) is 20.5. The smallest absolute Gasteiger partial charge is 0.0840 e. The first-order valence-electron chi connectivity index (χ1n) is 13.3. The first-order valence-corrected chi connectivity index (χ1v) is 13.3. The first-order chi connectivity index (χ1) is 15.7. The summed E-state index contributed by atoms with van der Waals surface area (Å²) in [6, 6.07) is 10.1. The van der Waals surface area contributed by atoms with Gasteiger partial charge in [-0.1, -0.05) is 101 Å². The molecule has 4 atom stereocenters. The van der Waals surface area contributed by atoms with E-state index in [2.05, 4.69) is 19.1 Å². The summed E-state index contributed by atoms with van der Waals surface area (Å²) in [7, 11) is 0. The molecule has 0 aromatic heterocycles. The van der Waals surface area contributed by atoms with Crippen molar-refractivity contribution >= 4 is 0 Å². The van der Waals surface area contributed by atoms with Crippen molar-refractivity contribution in [2.75, 3.05) is 6.61 Å². The highest BCUT2D eigenvalue weighted by Gasteiger charge is 2.33. The molecular weight excluding hydrogens is 400 g/mol. The van der Waals surface area contributed by atoms with Crippen molar-refractivity contribution in [2.45, 2.75) is 134 Å². The van der Waals surface area contributed by atoms with Gasteiger partial charge in [0.25, 0.3) is 0 Å². The topological polar surface area (TPSA) is 58.9 Å². The number of aliphatic hydroxyl groups excluding tert-OH is 2. The van der Waals surface area contributed by atoms with Crippen LogP contribution in [-0.4, -0.2) is 41.2 Å². The summed E-state index contributed by atoms with van der Waals surface area (Å²) in [5, 5.41) is 21.0. The SMILES string of the molecule is CCCCCCCCCCCC[C@@H](O)[C@H]1CC[C@H]([C@H](O)CCCOCc2ccccc2)O1. The number of rotatable bonds is 19. The van der Waals surface area contributed by atoms with E-state index in [1.54, 1.807) is 0 Å². The van der Waals surface area contributed by atoms with Crippen molar-refractivity contribution in [3.8, 4) is 0 Å². The van der Waals surface area contributed by atoms with Gasteiger partial charge in [-0.2, -0.15) is 0 Å². The van der Waals surface area contributed by atoms with E-state index < -0.39 is 12.2 Å². The standard InChI is InChI=1S/C28H48O4/c1-2-3-4-5-6-7-8-9-10-14-18-25(29)27-20-21-28(32-27)26(30)19-15-22-31-23-24-16-12-11-13-17-24/h11-13,16-17,25-30H,2-10,14-15,18-23H2,1H3/t25-,26-,27-,28-/m1/s1. The van der Waals surface area contributed by atoms with Gasteiger partial charge in [-0.3, -0.25) is 0 Å². The zero-order valence-corrected chi connectivity index (χ0v) is 20.4. The van der Waals surface area contributed by atoms with E-state index in [4.69, 9.17) is 9.47 Å². The quantitative estimate of drug-likeness (QED) is 0.235. The van der Waals surface area contributed by atoms with Gasteiger partial charge < -0.3 is 19.7 Å². The van der Waals surface area contributed by atoms with E-state index in [0.29, 0.717) is 19.6 Å². The zero-order valence-electron chi connectivity index (χ0n) is 20.4. The molecule has 2 rings (SSSR count). The van der Waals surface area contributed by atoms with Gasteiger partial charge in [0.1, 0.15) is 0 Å². The van der Waals surface area contributed by atoms with Crippen molar-refractivity contribution in [3.05, 3.63) is 35.9 Å². The number of benzene rings is 1. The van der Waals surface area contributed by atoms with Crippen molar-refractivity contribution in [3.63, 3.8) is 0 Å². The van der Waals surface area contributed by atoms with E-state index in [1.807, 2.05) is 18.2 Å². The molecule has 32 heavy (non-hydrogen) atoms. The lowest BCUT2D eigenvalue weighted by Gasteiger charge is -2.22. The molecule has 4 nitrogen and oxygen atoms in total. The Balaban J connectivity index is 1.44. The van der Waals surface area contributed by atoms with Crippen LogP contribution in [0.5, 0.6) is 0 Å². The highest BCUT2D eigenvalue weighted by atomic mass is 16.5. The number of hydrogen-bond donors (Lipinski definition) is 2. The highest BCUT2D eigenvalue weighted by Crippen LogP contribution is 2.28. The van der Waals surface area contributed by atoms with Crippen LogP contribution in [0.15, 0.2) is 30.3 Å². The fourth-order valence-electron chi connectivity index (χ4n) is 4.63. The lowest BCUT2D eigenvalue weighted by Crippen LogP contribution is -2.31. The Kier molecular flexibility index (Phi) is 15.0. The summed E-state index contributed by atoms with van der Waals surface area (Å²) in [6.07, 6.45) is 16.0. The van der Waals surface area contributed by atoms with Crippen LogP contribution in [0.3, 0.4) is 0 Å². The van der Waals surface area contributed by atoms with Gasteiger partial charge in [0.15, 0.2) is 0 Å². The van der Waals surface area contributed by atoms with Crippen LogP contribution < -0.4 is 0 Å². The minimum Gasteiger partial charge on any atom is -0.390 e. The third-order valence-electron chi connectivity index (χ3n) is 6.70. The van der Waals surface area contributed by atoms with Crippen LogP contribution in [0.4, 0.5) is 0 Å². The molecule has 0 amide bonds. The third kappa shape index (κ3) is 11.8. The van der Waals surface area contributed by atoms with Gasteiger partial charge in [-0.15, -0.1) is 0 Å². The van der Waals surface area contributed by atoms with Crippen LogP contribution in [0.25, 0.3) is 0 Å². The van der Waals surface area contributed by atoms with Crippen molar-refractivity contribution in [1.29, 1.82) is 0 Å². The zero-order chi connectivity index (χ0) is 22.9. The molecule has 1 aliphatic rings. The summed E-state index contributed by atoms with van der Waals surface area (Å²) in [4.78, 5) is 0. The summed E-state index contributed by atoms with van der Waals surface area (Å²) < 4.78 is 11.7. The summed E-state index contributed by atoms with van der Waals surface area (Å²) in [5.74, 6) is 0. The van der Waals surface area contributed by atoms with E-state index in [9.17, 15) is 10.2 Å². The number of ether oxygens (including phenoxy) is 2. The predicted molar refractivity (Wildman–Crippen MR) is 132 cm³/mol. The second-order valence-electron chi connectivity index (χ2n) is 9.58. The second kappa shape index (κ2) is 17.5. The first kappa shape index (κ1) is 27.3. The number of hydrogen-bond acceptors (Lipinski definition) is 4. The molecule has 1 aliphatic heterocycles. The van der Waals surface area contributed by atoms with Gasteiger partial charge in [-0.05, 0) is 37.7 Å². The Hall–Kier alpha value is -0.940. The van der Waals surface area contributed by atoms with Gasteiger partial charge in [0.2, 0.25) is 0 Å². The molecule has 0 spiro atoms. The number of unbranched alkanes of at least 4 members (excludes halogenated alkanes) is 9. The second-order valence-corrected chi connectivity index (χ2v) is 9.58. The van der Waals surface area contributed by atoms with Crippen molar-refractivity contribution in [1.82, 2.24) is 0 Å². The fourth-order valence-corrected chi connectivity index (χ4v) is 4.63. The highest BCUT2D eigenvalue weighted by molar-refractivity contribution is 5.13. The molecule has 0 aliphatic carbocycles. The summed E-state index contributed by atoms with van der Waals surface area (Å²) in [6.45, 7) is 3.52. The van der Waals surface area contributed by atoms with E-state index in [1.165, 1.54) is 63.4 Å². The summed E-state index contributed by atoms with van der Waals surface area (Å²) >= 11 is 0. The molecule has 0 saturated carbocycles. The Morgan fingerprint density at radius 1 is 0.781 bits per heavy atom. The molecular formula is C28H48O4. The van der Waals surface area contributed by atoms with Gasteiger partial charge in [-0.25, -0.2) is 0 Å². The van der Waals surface area contributed by atoms with Crippen LogP contribution >= 0.6 is 0 Å². The van der Waals surface area contributed by atoms with Crippen LogP contribution in [-0.2, 0) is 16.1 Å². The maximum absolute atomic E-state index is 10.5. The van der Waals surface area contributed by atoms with Crippen molar-refractivity contribution < 1.29 is 19.7 Å². The molecule has 2 N–H and O–H groups in total. The van der Waals surface area contributed by atoms with Crippen LogP contribution in [0, 0.1) is 0 Å². The molecule has 4 heteroatoms. The lowest BCUT2D eigenvalue weighted by molar-refractivity contribution is -0.0796. The van der Waals surface area contributed by atoms with Crippen LogP contribution in [0.2, 0.25) is 0 Å². The van der Waals surface area contributed by atoms with Gasteiger partial charge >= 0.3 is 0 Å². The Bertz CT molecular complexity index is 550. The van der Waals surface area contributed by atoms with Crippen LogP contribution in [0.1, 0.15) is 109 Å². The number of aliphatic hydroxyl groups is 2. The largest absolute Gasteiger partial charge is 0.390 e. The maximum atomic E-state index is 10.5. The average molecular weight is 449 g/mol. The molecule has 1 heterocycles. The van der Waals surface area contributed by atoms with E-state index in [-0.39, 0.29) is 12.2 Å². The lowest BCUT2D eigenvalue weighted by atomic mass is 10.0. The Morgan fingerprint density at radius 3 is 1.91 bits per heavy atom. The molecule has 0 radical (unpaired) electrons. The Morgan fingerprint density at radius 2 is 1.31 bits per heavy atom. The van der Waals surface area contributed by atoms with Gasteiger partial charge in [0, 0.05) is 6.61 Å². The molecule has 1 saturated heterocycles. The molecule has 1 aromatic rings. The van der Waals surface area contributed by atoms with Crippen molar-refractivity contribution in [2.24, 2.45) is 0 Å². The minimum absolute atomic E-state index is 0.109. The molecule has 0 bridgehead atoms. The molecule has 1 fully saturated rings. The van der Waals surface area contributed by atoms with Gasteiger partial charge in [0.05, 0.1) is 31.0 Å². The maximum Gasteiger partial charge on any atom is 0.0840 e. The monoisotopic (exact) mass is 448 g/mol. The fraction of sp³-hybridized carbons (Fsp3) is 0.786. The average Bonchev–Trinajstić information content (AvgIpc) is 3.31. The van der Waals surface area contributed by atoms with E-state index in [0.717, 1.165) is 32.1 Å². The third-order valence-corrected chi connectivity index (χ3v) is 6.70. The van der Waals surface area contributed by atoms with E-state index >= 15 is 0 Å². The molecule has 1 aromatic carbocycles. The molecule has 184 valence electrons. The predicted octanol–water partition coefficient (Wildman–Crippen LogP) is 6.56.